The molecule has 0 spiro atoms. The smallest absolute Gasteiger partial charge is 0.240 e. The Balaban J connectivity index is 1.35. The average molecular weight is 399 g/mol. The van der Waals surface area contributed by atoms with Crippen LogP contribution in [0.3, 0.4) is 0 Å². The molecule has 29 heavy (non-hydrogen) atoms. The van der Waals surface area contributed by atoms with Crippen molar-refractivity contribution in [2.45, 2.75) is 12.8 Å². The van der Waals surface area contributed by atoms with Crippen molar-refractivity contribution in [1.82, 2.24) is 14.7 Å². The molecule has 1 aliphatic carbocycles. The van der Waals surface area contributed by atoms with E-state index in [4.69, 9.17) is 0 Å². The van der Waals surface area contributed by atoms with E-state index >= 15 is 0 Å². The largest absolute Gasteiger partial charge is 0.369 e. The Morgan fingerprint density at radius 3 is 2.10 bits per heavy atom. The van der Waals surface area contributed by atoms with E-state index in [1.165, 1.54) is 0 Å². The fraction of sp³-hybridized carbons (Fsp3) is 0.571. The lowest BCUT2D eigenvalue weighted by Crippen LogP contribution is -2.52. The third-order valence-electron chi connectivity index (χ3n) is 6.34. The molecule has 2 heterocycles. The predicted molar refractivity (Wildman–Crippen MR) is 111 cm³/mol. The van der Waals surface area contributed by atoms with Gasteiger partial charge in [-0.3, -0.25) is 14.4 Å². The van der Waals surface area contributed by atoms with E-state index in [1.54, 1.807) is 9.80 Å². The van der Waals surface area contributed by atoms with E-state index in [0.717, 1.165) is 44.0 Å². The van der Waals surface area contributed by atoms with Crippen LogP contribution in [0.2, 0.25) is 0 Å². The van der Waals surface area contributed by atoms with E-state index < -0.39 is 5.41 Å². The number of amides is 3. The molecular weight excluding hydrogens is 370 g/mol. The SMILES string of the molecule is CN1CCN(c2ccc(NC(=O)C3(C(=O)N4CCN(C=O)CC4)CC3)cc2)CC1. The number of anilines is 2. The van der Waals surface area contributed by atoms with Crippen molar-refractivity contribution in [2.24, 2.45) is 5.41 Å². The first-order valence-electron chi connectivity index (χ1n) is 10.4. The number of carbonyl (C=O) groups is 3. The summed E-state index contributed by atoms with van der Waals surface area (Å²) < 4.78 is 0. The van der Waals surface area contributed by atoms with Crippen molar-refractivity contribution < 1.29 is 14.4 Å². The van der Waals surface area contributed by atoms with Crippen molar-refractivity contribution in [2.75, 3.05) is 69.6 Å². The van der Waals surface area contributed by atoms with Crippen molar-refractivity contribution in [3.05, 3.63) is 24.3 Å². The summed E-state index contributed by atoms with van der Waals surface area (Å²) in [6, 6.07) is 7.88. The lowest BCUT2D eigenvalue weighted by molar-refractivity contribution is -0.144. The lowest BCUT2D eigenvalue weighted by Gasteiger charge is -2.34. The van der Waals surface area contributed by atoms with Gasteiger partial charge in [-0.1, -0.05) is 0 Å². The Morgan fingerprint density at radius 2 is 1.55 bits per heavy atom. The summed E-state index contributed by atoms with van der Waals surface area (Å²) in [7, 11) is 2.13. The van der Waals surface area contributed by atoms with Crippen molar-refractivity contribution in [1.29, 1.82) is 0 Å². The topological polar surface area (TPSA) is 76.2 Å². The number of nitrogens with one attached hydrogen (secondary N) is 1. The molecular formula is C21H29N5O3. The molecule has 3 fully saturated rings. The first kappa shape index (κ1) is 19.7. The standard InChI is InChI=1S/C21H29N5O3/c1-23-8-12-25(13-9-23)18-4-2-17(3-5-18)22-19(28)21(6-7-21)20(29)26-14-10-24(16-27)11-15-26/h2-5,16H,6-15H2,1H3,(H,22,28). The van der Waals surface area contributed by atoms with Crippen LogP contribution in [-0.4, -0.2) is 92.3 Å². The Morgan fingerprint density at radius 1 is 0.931 bits per heavy atom. The van der Waals surface area contributed by atoms with E-state index in [-0.39, 0.29) is 11.8 Å². The Labute approximate surface area is 171 Å². The van der Waals surface area contributed by atoms with Crippen LogP contribution in [0.15, 0.2) is 24.3 Å². The molecule has 0 radical (unpaired) electrons. The van der Waals surface area contributed by atoms with Gasteiger partial charge in [-0.15, -0.1) is 0 Å². The third kappa shape index (κ3) is 4.07. The quantitative estimate of drug-likeness (QED) is 0.575. The molecule has 8 heteroatoms. The maximum absolute atomic E-state index is 12.9. The number of nitrogens with zero attached hydrogens (tertiary/aromatic N) is 4. The highest BCUT2D eigenvalue weighted by Crippen LogP contribution is 2.48. The van der Waals surface area contributed by atoms with Gasteiger partial charge in [0.1, 0.15) is 5.41 Å². The first-order chi connectivity index (χ1) is 14.0. The zero-order valence-electron chi connectivity index (χ0n) is 17.0. The van der Waals surface area contributed by atoms with Gasteiger partial charge in [-0.2, -0.15) is 0 Å². The maximum Gasteiger partial charge on any atom is 0.240 e. The van der Waals surface area contributed by atoms with Crippen LogP contribution in [0, 0.1) is 5.41 Å². The van der Waals surface area contributed by atoms with Gasteiger partial charge in [-0.25, -0.2) is 0 Å². The number of carbonyl (C=O) groups excluding carboxylic acids is 3. The molecule has 1 aromatic carbocycles. The molecule has 2 saturated heterocycles. The van der Waals surface area contributed by atoms with Crippen LogP contribution in [0.25, 0.3) is 0 Å². The Kier molecular flexibility index (Phi) is 5.45. The highest BCUT2D eigenvalue weighted by molar-refractivity contribution is 6.13. The van der Waals surface area contributed by atoms with Crippen LogP contribution in [-0.2, 0) is 14.4 Å². The first-order valence-corrected chi connectivity index (χ1v) is 10.4. The van der Waals surface area contributed by atoms with Crippen molar-refractivity contribution in [3.63, 3.8) is 0 Å². The summed E-state index contributed by atoms with van der Waals surface area (Å²) in [5.74, 6) is -0.317. The molecule has 4 rings (SSSR count). The number of benzene rings is 1. The zero-order chi connectivity index (χ0) is 20.4. The van der Waals surface area contributed by atoms with Crippen molar-refractivity contribution >= 4 is 29.6 Å². The molecule has 1 saturated carbocycles. The predicted octanol–water partition coefficient (Wildman–Crippen LogP) is 0.458. The van der Waals surface area contributed by atoms with Crippen LogP contribution in [0.5, 0.6) is 0 Å². The second kappa shape index (κ2) is 8.02. The van der Waals surface area contributed by atoms with Gasteiger partial charge in [-0.05, 0) is 44.2 Å². The second-order valence-electron chi connectivity index (χ2n) is 8.31. The molecule has 3 aliphatic rings. The summed E-state index contributed by atoms with van der Waals surface area (Å²) in [6.45, 7) is 6.13. The molecule has 2 aliphatic heterocycles. The molecule has 0 unspecified atom stereocenters. The maximum atomic E-state index is 12.9. The zero-order valence-corrected chi connectivity index (χ0v) is 17.0. The van der Waals surface area contributed by atoms with Gasteiger partial charge in [0.25, 0.3) is 0 Å². The minimum Gasteiger partial charge on any atom is -0.369 e. The summed E-state index contributed by atoms with van der Waals surface area (Å²) in [5, 5.41) is 2.94. The summed E-state index contributed by atoms with van der Waals surface area (Å²) >= 11 is 0. The number of rotatable bonds is 5. The van der Waals surface area contributed by atoms with Gasteiger partial charge in [0, 0.05) is 63.7 Å². The van der Waals surface area contributed by atoms with E-state index in [9.17, 15) is 14.4 Å². The summed E-state index contributed by atoms with van der Waals surface area (Å²) in [5.41, 5.74) is 0.943. The third-order valence-corrected chi connectivity index (χ3v) is 6.34. The van der Waals surface area contributed by atoms with Crippen molar-refractivity contribution in [3.8, 4) is 0 Å². The molecule has 8 nitrogen and oxygen atoms in total. The Hall–Kier alpha value is -2.61. The molecule has 1 N–H and O–H groups in total. The fourth-order valence-corrected chi connectivity index (χ4v) is 4.07. The number of hydrogen-bond donors (Lipinski definition) is 1. The fourth-order valence-electron chi connectivity index (χ4n) is 4.07. The molecule has 3 amide bonds. The Bertz CT molecular complexity index is 761. The molecule has 156 valence electrons. The van der Waals surface area contributed by atoms with Crippen LogP contribution in [0.4, 0.5) is 11.4 Å². The monoisotopic (exact) mass is 399 g/mol. The lowest BCUT2D eigenvalue weighted by atomic mass is 10.0. The summed E-state index contributed by atoms with van der Waals surface area (Å²) in [6.07, 6.45) is 1.99. The van der Waals surface area contributed by atoms with Crippen LogP contribution >= 0.6 is 0 Å². The highest BCUT2D eigenvalue weighted by Gasteiger charge is 2.58. The van der Waals surface area contributed by atoms with Gasteiger partial charge < -0.3 is 24.9 Å². The second-order valence-corrected chi connectivity index (χ2v) is 8.31. The highest BCUT2D eigenvalue weighted by atomic mass is 16.2. The van der Waals surface area contributed by atoms with Gasteiger partial charge >= 0.3 is 0 Å². The van der Waals surface area contributed by atoms with Gasteiger partial charge in [0.15, 0.2) is 0 Å². The van der Waals surface area contributed by atoms with Gasteiger partial charge in [0.2, 0.25) is 18.2 Å². The number of piperazine rings is 2. The average Bonchev–Trinajstić information content (AvgIpc) is 3.57. The number of likely N-dealkylation sites (N-methyl/N-ethyl adjacent to an activating group) is 1. The molecule has 0 aromatic heterocycles. The summed E-state index contributed by atoms with van der Waals surface area (Å²) in [4.78, 5) is 44.7. The van der Waals surface area contributed by atoms with E-state index in [0.29, 0.717) is 39.0 Å². The van der Waals surface area contributed by atoms with E-state index in [1.807, 2.05) is 24.3 Å². The molecule has 1 aromatic rings. The van der Waals surface area contributed by atoms with E-state index in [2.05, 4.69) is 22.2 Å². The molecule has 0 atom stereocenters. The minimum atomic E-state index is -0.931. The minimum absolute atomic E-state index is 0.102. The number of hydrogen-bond acceptors (Lipinski definition) is 5. The normalized spacial score (nSPS) is 21.6. The van der Waals surface area contributed by atoms with Gasteiger partial charge in [0.05, 0.1) is 0 Å². The van der Waals surface area contributed by atoms with Crippen LogP contribution < -0.4 is 10.2 Å². The van der Waals surface area contributed by atoms with Crippen LogP contribution in [0.1, 0.15) is 12.8 Å². The molecule has 0 bridgehead atoms.